The Balaban J connectivity index is 2.18. The zero-order valence-corrected chi connectivity index (χ0v) is 12.6. The summed E-state index contributed by atoms with van der Waals surface area (Å²) in [6, 6.07) is 14.7. The third-order valence-electron chi connectivity index (χ3n) is 3.42. The molecule has 2 nitrogen and oxygen atoms in total. The minimum Gasteiger partial charge on any atom is -0.390 e. The van der Waals surface area contributed by atoms with Gasteiger partial charge in [-0.15, -0.1) is 11.6 Å². The molecule has 2 rings (SSSR count). The molecule has 0 heterocycles. The first-order chi connectivity index (χ1) is 9.60. The lowest BCUT2D eigenvalue weighted by Gasteiger charge is -2.12. The SMILES string of the molecule is Cc1ccc(-c2cccc(NCC(O)CCl)c2)cc1C. The maximum absolute atomic E-state index is 9.48. The first-order valence-corrected chi connectivity index (χ1v) is 7.29. The van der Waals surface area contributed by atoms with Gasteiger partial charge in [-0.3, -0.25) is 0 Å². The topological polar surface area (TPSA) is 32.3 Å². The van der Waals surface area contributed by atoms with Crippen molar-refractivity contribution in [1.29, 1.82) is 0 Å². The van der Waals surface area contributed by atoms with Crippen molar-refractivity contribution in [2.24, 2.45) is 0 Å². The molecule has 0 bridgehead atoms. The molecule has 1 atom stereocenters. The van der Waals surface area contributed by atoms with Crippen molar-refractivity contribution in [2.75, 3.05) is 17.7 Å². The highest BCUT2D eigenvalue weighted by molar-refractivity contribution is 6.18. The van der Waals surface area contributed by atoms with Crippen molar-refractivity contribution in [1.82, 2.24) is 0 Å². The lowest BCUT2D eigenvalue weighted by atomic mass is 10.0. The number of aryl methyl sites for hydroxylation is 2. The van der Waals surface area contributed by atoms with Crippen molar-refractivity contribution < 1.29 is 5.11 Å². The largest absolute Gasteiger partial charge is 0.390 e. The minimum absolute atomic E-state index is 0.240. The van der Waals surface area contributed by atoms with E-state index < -0.39 is 6.10 Å². The first-order valence-electron chi connectivity index (χ1n) is 6.75. The van der Waals surface area contributed by atoms with Gasteiger partial charge in [0.05, 0.1) is 12.0 Å². The van der Waals surface area contributed by atoms with Crippen LogP contribution in [-0.4, -0.2) is 23.6 Å². The fraction of sp³-hybridized carbons (Fsp3) is 0.294. The van der Waals surface area contributed by atoms with Crippen molar-refractivity contribution in [3.63, 3.8) is 0 Å². The van der Waals surface area contributed by atoms with Gasteiger partial charge in [-0.25, -0.2) is 0 Å². The van der Waals surface area contributed by atoms with Gasteiger partial charge in [-0.05, 0) is 48.2 Å². The van der Waals surface area contributed by atoms with Crippen molar-refractivity contribution in [2.45, 2.75) is 20.0 Å². The van der Waals surface area contributed by atoms with Crippen LogP contribution in [0.4, 0.5) is 5.69 Å². The molecule has 0 aliphatic carbocycles. The first kappa shape index (κ1) is 14.9. The number of nitrogens with one attached hydrogen (secondary N) is 1. The van der Waals surface area contributed by atoms with Crippen LogP contribution in [0.3, 0.4) is 0 Å². The fourth-order valence-electron chi connectivity index (χ4n) is 2.02. The van der Waals surface area contributed by atoms with Crippen LogP contribution in [0.1, 0.15) is 11.1 Å². The molecule has 0 amide bonds. The Bertz CT molecular complexity index is 583. The summed E-state index contributed by atoms with van der Waals surface area (Å²) < 4.78 is 0. The van der Waals surface area contributed by atoms with Gasteiger partial charge in [0, 0.05) is 12.2 Å². The molecule has 3 heteroatoms. The van der Waals surface area contributed by atoms with Gasteiger partial charge < -0.3 is 10.4 Å². The Morgan fingerprint density at radius 2 is 1.80 bits per heavy atom. The van der Waals surface area contributed by atoms with Gasteiger partial charge >= 0.3 is 0 Å². The predicted molar refractivity (Wildman–Crippen MR) is 86.6 cm³/mol. The number of benzene rings is 2. The summed E-state index contributed by atoms with van der Waals surface area (Å²) in [4.78, 5) is 0. The molecular formula is C17H20ClNO. The molecule has 2 N–H and O–H groups in total. The van der Waals surface area contributed by atoms with Crippen LogP contribution < -0.4 is 5.32 Å². The van der Waals surface area contributed by atoms with Crippen LogP contribution in [0, 0.1) is 13.8 Å². The minimum atomic E-state index is -0.526. The van der Waals surface area contributed by atoms with E-state index in [0.29, 0.717) is 6.54 Å². The van der Waals surface area contributed by atoms with Gasteiger partial charge in [-0.1, -0.05) is 30.3 Å². The molecule has 20 heavy (non-hydrogen) atoms. The van der Waals surface area contributed by atoms with E-state index in [-0.39, 0.29) is 5.88 Å². The molecule has 0 radical (unpaired) electrons. The van der Waals surface area contributed by atoms with E-state index in [2.05, 4.69) is 49.5 Å². The van der Waals surface area contributed by atoms with E-state index in [0.717, 1.165) is 5.69 Å². The molecule has 0 saturated carbocycles. The second kappa shape index (κ2) is 6.78. The van der Waals surface area contributed by atoms with Gasteiger partial charge in [0.15, 0.2) is 0 Å². The number of hydrogen-bond acceptors (Lipinski definition) is 2. The lowest BCUT2D eigenvalue weighted by Crippen LogP contribution is -2.20. The van der Waals surface area contributed by atoms with Crippen LogP contribution >= 0.6 is 11.6 Å². The number of rotatable bonds is 5. The standard InChI is InChI=1S/C17H20ClNO/c1-12-6-7-15(8-13(12)2)14-4-3-5-16(9-14)19-11-17(20)10-18/h3-9,17,19-20H,10-11H2,1-2H3. The van der Waals surface area contributed by atoms with E-state index in [1.54, 1.807) is 0 Å². The molecule has 0 fully saturated rings. The zero-order valence-electron chi connectivity index (χ0n) is 11.9. The van der Waals surface area contributed by atoms with E-state index in [1.165, 1.54) is 22.3 Å². The summed E-state index contributed by atoms with van der Waals surface area (Å²) in [5.41, 5.74) is 5.95. The fourth-order valence-corrected chi connectivity index (χ4v) is 2.13. The van der Waals surface area contributed by atoms with E-state index in [4.69, 9.17) is 11.6 Å². The van der Waals surface area contributed by atoms with Gasteiger partial charge in [0.2, 0.25) is 0 Å². The molecule has 0 spiro atoms. The lowest BCUT2D eigenvalue weighted by molar-refractivity contribution is 0.211. The van der Waals surface area contributed by atoms with E-state index in [9.17, 15) is 5.11 Å². The van der Waals surface area contributed by atoms with Gasteiger partial charge in [0.1, 0.15) is 0 Å². The molecular weight excluding hydrogens is 270 g/mol. The second-order valence-electron chi connectivity index (χ2n) is 5.07. The van der Waals surface area contributed by atoms with Crippen LogP contribution in [0.5, 0.6) is 0 Å². The maximum Gasteiger partial charge on any atom is 0.0847 e. The smallest absolute Gasteiger partial charge is 0.0847 e. The number of aliphatic hydroxyl groups is 1. The zero-order chi connectivity index (χ0) is 14.5. The average molecular weight is 290 g/mol. The maximum atomic E-state index is 9.48. The van der Waals surface area contributed by atoms with Crippen molar-refractivity contribution >= 4 is 17.3 Å². The number of hydrogen-bond donors (Lipinski definition) is 2. The highest BCUT2D eigenvalue weighted by Gasteiger charge is 2.04. The Morgan fingerprint density at radius 3 is 2.50 bits per heavy atom. The molecule has 0 aliphatic heterocycles. The second-order valence-corrected chi connectivity index (χ2v) is 5.38. The highest BCUT2D eigenvalue weighted by atomic mass is 35.5. The van der Waals surface area contributed by atoms with Gasteiger partial charge in [0.25, 0.3) is 0 Å². The summed E-state index contributed by atoms with van der Waals surface area (Å²) in [6.45, 7) is 4.70. The van der Waals surface area contributed by atoms with E-state index in [1.807, 2.05) is 12.1 Å². The molecule has 0 aromatic heterocycles. The summed E-state index contributed by atoms with van der Waals surface area (Å²) in [5, 5.41) is 12.7. The molecule has 2 aromatic carbocycles. The average Bonchev–Trinajstić information content (AvgIpc) is 2.48. The molecule has 106 valence electrons. The van der Waals surface area contributed by atoms with Gasteiger partial charge in [-0.2, -0.15) is 0 Å². The number of aliphatic hydroxyl groups excluding tert-OH is 1. The summed E-state index contributed by atoms with van der Waals surface area (Å²) in [5.74, 6) is 0.240. The van der Waals surface area contributed by atoms with Crippen molar-refractivity contribution in [3.05, 3.63) is 53.6 Å². The third kappa shape index (κ3) is 3.75. The molecule has 2 aromatic rings. The summed E-state index contributed by atoms with van der Waals surface area (Å²) in [7, 11) is 0. The summed E-state index contributed by atoms with van der Waals surface area (Å²) >= 11 is 5.59. The van der Waals surface area contributed by atoms with Crippen LogP contribution in [0.15, 0.2) is 42.5 Å². The van der Waals surface area contributed by atoms with Crippen LogP contribution in [0.25, 0.3) is 11.1 Å². The Labute approximate surface area is 125 Å². The van der Waals surface area contributed by atoms with E-state index >= 15 is 0 Å². The quantitative estimate of drug-likeness (QED) is 0.816. The van der Waals surface area contributed by atoms with Crippen LogP contribution in [-0.2, 0) is 0 Å². The molecule has 0 aliphatic rings. The highest BCUT2D eigenvalue weighted by Crippen LogP contribution is 2.24. The van der Waals surface area contributed by atoms with Crippen molar-refractivity contribution in [3.8, 4) is 11.1 Å². The Kier molecular flexibility index (Phi) is 5.05. The third-order valence-corrected chi connectivity index (χ3v) is 3.78. The molecule has 1 unspecified atom stereocenters. The molecule has 0 saturated heterocycles. The number of alkyl halides is 1. The summed E-state index contributed by atoms with van der Waals surface area (Å²) in [6.07, 6.45) is -0.526. The monoisotopic (exact) mass is 289 g/mol. The predicted octanol–water partition coefficient (Wildman–Crippen LogP) is 3.98. The Morgan fingerprint density at radius 1 is 1.05 bits per heavy atom. The van der Waals surface area contributed by atoms with Crippen LogP contribution in [0.2, 0.25) is 0 Å². The normalized spacial score (nSPS) is 12.2. The Hall–Kier alpha value is -1.51. The number of halogens is 1. The number of anilines is 1.